The van der Waals surface area contributed by atoms with Crippen molar-refractivity contribution in [3.05, 3.63) is 59.7 Å². The zero-order valence-corrected chi connectivity index (χ0v) is 20.0. The molecule has 0 saturated carbocycles. The van der Waals surface area contributed by atoms with Gasteiger partial charge in [-0.2, -0.15) is 0 Å². The molecule has 2 aromatic rings. The van der Waals surface area contributed by atoms with E-state index in [1.165, 1.54) is 14.2 Å². The van der Waals surface area contributed by atoms with Gasteiger partial charge in [0.2, 0.25) is 0 Å². The molecular formula is C25H30N2O8. The van der Waals surface area contributed by atoms with Crippen LogP contribution in [-0.2, 0) is 35.1 Å². The summed E-state index contributed by atoms with van der Waals surface area (Å²) in [6.07, 6.45) is 0.0178. The molecule has 0 aromatic heterocycles. The van der Waals surface area contributed by atoms with Crippen LogP contribution in [0.1, 0.15) is 35.7 Å². The maximum atomic E-state index is 12.7. The molecule has 2 aromatic carbocycles. The second-order valence-corrected chi connectivity index (χ2v) is 7.34. The predicted molar refractivity (Wildman–Crippen MR) is 127 cm³/mol. The number of hydrogen-bond donors (Lipinski definition) is 2. The van der Waals surface area contributed by atoms with Gasteiger partial charge in [0.15, 0.2) is 6.61 Å². The molecule has 0 unspecified atom stereocenters. The summed E-state index contributed by atoms with van der Waals surface area (Å²) in [6, 6.07) is 13.0. The highest BCUT2D eigenvalue weighted by Gasteiger charge is 2.23. The summed E-state index contributed by atoms with van der Waals surface area (Å²) in [5, 5.41) is 5.84. The molecule has 10 heteroatoms. The monoisotopic (exact) mass is 486 g/mol. The summed E-state index contributed by atoms with van der Waals surface area (Å²) >= 11 is 0. The molecular weight excluding hydrogens is 456 g/mol. The molecule has 35 heavy (non-hydrogen) atoms. The SMILES string of the molecule is CCOC(=O)COc1cccc(NCc2cccc(C(=O)N[C@H](CCC(=O)OC)C(=O)OC)c2)c1. The van der Waals surface area contributed by atoms with Gasteiger partial charge in [-0.3, -0.25) is 9.59 Å². The number of hydrogen-bond acceptors (Lipinski definition) is 9. The van der Waals surface area contributed by atoms with E-state index in [1.54, 1.807) is 43.3 Å². The number of esters is 3. The molecule has 2 rings (SSSR count). The number of rotatable bonds is 13. The first kappa shape index (κ1) is 27.2. The van der Waals surface area contributed by atoms with Crippen molar-refractivity contribution in [1.82, 2.24) is 5.32 Å². The third kappa shape index (κ3) is 9.36. The quantitative estimate of drug-likeness (QED) is 0.324. The van der Waals surface area contributed by atoms with Gasteiger partial charge in [-0.05, 0) is 43.2 Å². The highest BCUT2D eigenvalue weighted by molar-refractivity contribution is 5.97. The Balaban J connectivity index is 1.98. The Morgan fingerprint density at radius 3 is 2.43 bits per heavy atom. The van der Waals surface area contributed by atoms with Gasteiger partial charge in [-0.1, -0.05) is 18.2 Å². The van der Waals surface area contributed by atoms with Crippen LogP contribution >= 0.6 is 0 Å². The summed E-state index contributed by atoms with van der Waals surface area (Å²) in [5.74, 6) is -1.54. The zero-order valence-electron chi connectivity index (χ0n) is 20.0. The van der Waals surface area contributed by atoms with Crippen LogP contribution in [0.2, 0.25) is 0 Å². The molecule has 0 saturated heterocycles. The number of carbonyl (C=O) groups excluding carboxylic acids is 4. The highest BCUT2D eigenvalue weighted by atomic mass is 16.6. The molecule has 0 aliphatic heterocycles. The minimum atomic E-state index is -0.981. The van der Waals surface area contributed by atoms with Gasteiger partial charge in [0.05, 0.1) is 20.8 Å². The fourth-order valence-corrected chi connectivity index (χ4v) is 3.06. The lowest BCUT2D eigenvalue weighted by Gasteiger charge is -2.16. The standard InChI is InChI=1S/C25H30N2O8/c1-4-34-23(29)16-35-20-10-6-9-19(14-20)26-15-17-7-5-8-18(13-17)24(30)27-21(25(31)33-3)11-12-22(28)32-2/h5-10,13-14,21,26H,4,11-12,15-16H2,1-3H3,(H,27,30)/t21-/m1/s1. The van der Waals surface area contributed by atoms with E-state index in [1.807, 2.05) is 12.1 Å². The smallest absolute Gasteiger partial charge is 0.344 e. The van der Waals surface area contributed by atoms with Crippen LogP contribution in [0, 0.1) is 0 Å². The molecule has 2 N–H and O–H groups in total. The van der Waals surface area contributed by atoms with E-state index in [0.717, 1.165) is 11.3 Å². The van der Waals surface area contributed by atoms with Gasteiger partial charge in [0.1, 0.15) is 11.8 Å². The van der Waals surface area contributed by atoms with Crippen LogP contribution in [0.25, 0.3) is 0 Å². The Morgan fingerprint density at radius 2 is 1.71 bits per heavy atom. The van der Waals surface area contributed by atoms with Crippen molar-refractivity contribution in [3.63, 3.8) is 0 Å². The summed E-state index contributed by atoms with van der Waals surface area (Å²) in [4.78, 5) is 47.6. The average Bonchev–Trinajstić information content (AvgIpc) is 2.88. The minimum absolute atomic E-state index is 0.0386. The Hall–Kier alpha value is -4.08. The molecule has 0 radical (unpaired) electrons. The van der Waals surface area contributed by atoms with Crippen molar-refractivity contribution in [1.29, 1.82) is 0 Å². The topological polar surface area (TPSA) is 129 Å². The van der Waals surface area contributed by atoms with E-state index < -0.39 is 29.9 Å². The van der Waals surface area contributed by atoms with Crippen LogP contribution in [0.5, 0.6) is 5.75 Å². The van der Waals surface area contributed by atoms with Crippen molar-refractivity contribution < 1.29 is 38.1 Å². The normalized spacial score (nSPS) is 11.1. The Kier molecular flexibility index (Phi) is 11.1. The number of carbonyl (C=O) groups is 4. The number of methoxy groups -OCH3 is 2. The number of benzene rings is 2. The highest BCUT2D eigenvalue weighted by Crippen LogP contribution is 2.18. The summed E-state index contributed by atoms with van der Waals surface area (Å²) < 4.78 is 19.6. The van der Waals surface area contributed by atoms with Gasteiger partial charge < -0.3 is 29.6 Å². The van der Waals surface area contributed by atoms with Gasteiger partial charge in [-0.15, -0.1) is 0 Å². The molecule has 188 valence electrons. The second kappa shape index (κ2) is 14.2. The van der Waals surface area contributed by atoms with Crippen molar-refractivity contribution in [2.45, 2.75) is 32.4 Å². The average molecular weight is 487 g/mol. The third-order valence-electron chi connectivity index (χ3n) is 4.84. The van der Waals surface area contributed by atoms with E-state index >= 15 is 0 Å². The van der Waals surface area contributed by atoms with E-state index in [4.69, 9.17) is 14.2 Å². The Bertz CT molecular complexity index is 1020. The van der Waals surface area contributed by atoms with E-state index in [0.29, 0.717) is 17.9 Å². The lowest BCUT2D eigenvalue weighted by atomic mass is 10.1. The first-order valence-electron chi connectivity index (χ1n) is 11.0. The third-order valence-corrected chi connectivity index (χ3v) is 4.84. The van der Waals surface area contributed by atoms with Gasteiger partial charge in [-0.25, -0.2) is 9.59 Å². The van der Waals surface area contributed by atoms with E-state index in [9.17, 15) is 19.2 Å². The minimum Gasteiger partial charge on any atom is -0.482 e. The van der Waals surface area contributed by atoms with Crippen molar-refractivity contribution in [3.8, 4) is 5.75 Å². The first-order chi connectivity index (χ1) is 16.9. The fourth-order valence-electron chi connectivity index (χ4n) is 3.06. The molecule has 0 bridgehead atoms. The lowest BCUT2D eigenvalue weighted by molar-refractivity contribution is -0.146. The predicted octanol–water partition coefficient (Wildman–Crippen LogP) is 2.47. The van der Waals surface area contributed by atoms with Crippen LogP contribution in [0.4, 0.5) is 5.69 Å². The number of anilines is 1. The van der Waals surface area contributed by atoms with Gasteiger partial charge in [0.25, 0.3) is 5.91 Å². The summed E-state index contributed by atoms with van der Waals surface area (Å²) in [5.41, 5.74) is 1.93. The molecule has 0 aliphatic carbocycles. The molecule has 0 aliphatic rings. The van der Waals surface area contributed by atoms with E-state index in [-0.39, 0.29) is 26.1 Å². The molecule has 1 amide bonds. The van der Waals surface area contributed by atoms with Crippen LogP contribution < -0.4 is 15.4 Å². The van der Waals surface area contributed by atoms with Crippen molar-refractivity contribution in [2.75, 3.05) is 32.8 Å². The Morgan fingerprint density at radius 1 is 0.943 bits per heavy atom. The number of ether oxygens (including phenoxy) is 4. The van der Waals surface area contributed by atoms with Crippen LogP contribution in [0.3, 0.4) is 0 Å². The molecule has 0 fully saturated rings. The van der Waals surface area contributed by atoms with Crippen molar-refractivity contribution >= 4 is 29.5 Å². The molecule has 10 nitrogen and oxygen atoms in total. The number of amides is 1. The zero-order chi connectivity index (χ0) is 25.6. The van der Waals surface area contributed by atoms with Crippen molar-refractivity contribution in [2.24, 2.45) is 0 Å². The maximum absolute atomic E-state index is 12.7. The van der Waals surface area contributed by atoms with Crippen LogP contribution in [-0.4, -0.2) is 57.3 Å². The summed E-state index contributed by atoms with van der Waals surface area (Å²) in [7, 11) is 2.46. The summed E-state index contributed by atoms with van der Waals surface area (Å²) in [6.45, 7) is 2.24. The maximum Gasteiger partial charge on any atom is 0.344 e. The Labute approximate surface area is 203 Å². The molecule has 0 spiro atoms. The molecule has 0 heterocycles. The largest absolute Gasteiger partial charge is 0.482 e. The van der Waals surface area contributed by atoms with Crippen LogP contribution in [0.15, 0.2) is 48.5 Å². The fraction of sp³-hybridized carbons (Fsp3) is 0.360. The van der Waals surface area contributed by atoms with E-state index in [2.05, 4.69) is 15.4 Å². The first-order valence-corrected chi connectivity index (χ1v) is 11.0. The number of nitrogens with one attached hydrogen (secondary N) is 2. The van der Waals surface area contributed by atoms with Gasteiger partial charge in [0, 0.05) is 30.3 Å². The van der Waals surface area contributed by atoms with Gasteiger partial charge >= 0.3 is 17.9 Å². The second-order valence-electron chi connectivity index (χ2n) is 7.34. The molecule has 1 atom stereocenters. The lowest BCUT2D eigenvalue weighted by Crippen LogP contribution is -2.41.